The number of carbonyl (C=O) groups excluding carboxylic acids is 2. The Morgan fingerprint density at radius 1 is 0.308 bits per heavy atom. The molecular formula is C73H116O5. The highest BCUT2D eigenvalue weighted by Gasteiger charge is 2.16. The summed E-state index contributed by atoms with van der Waals surface area (Å²) in [5.41, 5.74) is 0. The topological polar surface area (TPSA) is 72.8 Å². The molecule has 0 aromatic carbocycles. The van der Waals surface area contributed by atoms with Crippen molar-refractivity contribution in [2.24, 2.45) is 0 Å². The molecule has 0 spiro atoms. The fourth-order valence-corrected chi connectivity index (χ4v) is 8.27. The molecule has 0 aromatic rings. The van der Waals surface area contributed by atoms with E-state index in [1.54, 1.807) is 0 Å². The van der Waals surface area contributed by atoms with Crippen LogP contribution >= 0.6 is 0 Å². The molecule has 0 fully saturated rings. The first-order valence-electron chi connectivity index (χ1n) is 31.7. The van der Waals surface area contributed by atoms with Crippen LogP contribution in [0, 0.1) is 0 Å². The maximum absolute atomic E-state index is 12.3. The second-order valence-electron chi connectivity index (χ2n) is 20.4. The van der Waals surface area contributed by atoms with E-state index in [1.165, 1.54) is 96.3 Å². The largest absolute Gasteiger partial charge is 0.462 e. The zero-order valence-corrected chi connectivity index (χ0v) is 50.1. The Hall–Kier alpha value is -4.74. The van der Waals surface area contributed by atoms with Crippen LogP contribution in [0.4, 0.5) is 0 Å². The van der Waals surface area contributed by atoms with Gasteiger partial charge in [0, 0.05) is 12.8 Å². The molecule has 1 N–H and O–H groups in total. The molecule has 78 heavy (non-hydrogen) atoms. The molecule has 0 aliphatic heterocycles. The first-order chi connectivity index (χ1) is 38.6. The molecule has 0 aromatic heterocycles. The Labute approximate surface area is 481 Å². The number of esters is 2. The van der Waals surface area contributed by atoms with Gasteiger partial charge in [-0.1, -0.05) is 280 Å². The third kappa shape index (κ3) is 63.8. The van der Waals surface area contributed by atoms with Crippen molar-refractivity contribution in [2.45, 2.75) is 264 Å². The minimum atomic E-state index is -0.795. The number of hydrogen-bond donors (Lipinski definition) is 1. The molecule has 0 radical (unpaired) electrons. The molecular weight excluding hydrogens is 957 g/mol. The average molecular weight is 1070 g/mol. The lowest BCUT2D eigenvalue weighted by Gasteiger charge is -2.15. The van der Waals surface area contributed by atoms with E-state index < -0.39 is 6.10 Å². The third-order valence-electron chi connectivity index (χ3n) is 13.0. The Morgan fingerprint density at radius 2 is 0.551 bits per heavy atom. The number of hydrogen-bond acceptors (Lipinski definition) is 5. The van der Waals surface area contributed by atoms with Gasteiger partial charge < -0.3 is 14.6 Å². The van der Waals surface area contributed by atoms with Crippen molar-refractivity contribution in [2.75, 3.05) is 13.2 Å². The Bertz CT molecular complexity index is 1740. The molecule has 438 valence electrons. The molecule has 0 saturated heterocycles. The van der Waals surface area contributed by atoms with Gasteiger partial charge in [-0.05, 0) is 135 Å². The van der Waals surface area contributed by atoms with Crippen molar-refractivity contribution in [3.8, 4) is 0 Å². The number of aliphatic hydroxyl groups excluding tert-OH is 1. The van der Waals surface area contributed by atoms with Crippen LogP contribution in [-0.2, 0) is 19.1 Å². The van der Waals surface area contributed by atoms with E-state index in [4.69, 9.17) is 9.47 Å². The fraction of sp³-hybridized carbons (Fsp3) is 0.589. The monoisotopic (exact) mass is 1070 g/mol. The summed E-state index contributed by atoms with van der Waals surface area (Å²) < 4.78 is 10.7. The predicted octanol–water partition coefficient (Wildman–Crippen LogP) is 22.1. The molecule has 0 heterocycles. The Kier molecular flexibility index (Phi) is 62.5. The van der Waals surface area contributed by atoms with Crippen LogP contribution in [0.1, 0.15) is 258 Å². The highest BCUT2D eigenvalue weighted by Crippen LogP contribution is 2.14. The van der Waals surface area contributed by atoms with Crippen molar-refractivity contribution in [3.05, 3.63) is 170 Å². The van der Waals surface area contributed by atoms with E-state index in [0.29, 0.717) is 12.8 Å². The number of allylic oxidation sites excluding steroid dienone is 28. The first-order valence-corrected chi connectivity index (χ1v) is 31.7. The molecule has 0 rings (SSSR count). The lowest BCUT2D eigenvalue weighted by Crippen LogP contribution is -2.28. The zero-order chi connectivity index (χ0) is 56.2. The summed E-state index contributed by atoms with van der Waals surface area (Å²) in [6.07, 6.45) is 103. The van der Waals surface area contributed by atoms with Crippen LogP contribution in [0.25, 0.3) is 0 Å². The predicted molar refractivity (Wildman–Crippen MR) is 343 cm³/mol. The average Bonchev–Trinajstić information content (AvgIpc) is 3.44. The SMILES string of the molecule is CC/C=C\C/C=C\C/C=C\C/C=C\C/C=C\C/C=C\C/C=C\C/C=C\C/C=C\C/C=C\C/C=C\CCCCCCCCCC(=O)OC(CO)COC(=O)CCCCCCCCCC/C=C\C/C=C\C/C=C\CCCCCCC. The van der Waals surface area contributed by atoms with Gasteiger partial charge in [-0.25, -0.2) is 0 Å². The van der Waals surface area contributed by atoms with Gasteiger partial charge in [0.1, 0.15) is 6.61 Å². The molecule has 5 nitrogen and oxygen atoms in total. The maximum atomic E-state index is 12.3. The Morgan fingerprint density at radius 3 is 0.833 bits per heavy atom. The molecule has 5 heteroatoms. The maximum Gasteiger partial charge on any atom is 0.306 e. The molecule has 0 aliphatic carbocycles. The number of unbranched alkanes of at least 4 members (excludes halogenated alkanes) is 20. The summed E-state index contributed by atoms with van der Waals surface area (Å²) in [5, 5.41) is 9.67. The quantitative estimate of drug-likeness (QED) is 0.0373. The molecule has 0 saturated carbocycles. The second kappa shape index (κ2) is 66.5. The van der Waals surface area contributed by atoms with E-state index in [1.807, 2.05) is 0 Å². The summed E-state index contributed by atoms with van der Waals surface area (Å²) >= 11 is 0. The van der Waals surface area contributed by atoms with Crippen molar-refractivity contribution in [3.63, 3.8) is 0 Å². The minimum Gasteiger partial charge on any atom is -0.462 e. The number of rotatable bonds is 56. The third-order valence-corrected chi connectivity index (χ3v) is 13.0. The van der Waals surface area contributed by atoms with Crippen molar-refractivity contribution >= 4 is 11.9 Å². The van der Waals surface area contributed by atoms with Gasteiger partial charge >= 0.3 is 11.9 Å². The van der Waals surface area contributed by atoms with Gasteiger partial charge in [-0.15, -0.1) is 0 Å². The van der Waals surface area contributed by atoms with Gasteiger partial charge in [-0.2, -0.15) is 0 Å². The van der Waals surface area contributed by atoms with Gasteiger partial charge in [0.25, 0.3) is 0 Å². The van der Waals surface area contributed by atoms with Crippen molar-refractivity contribution in [1.29, 1.82) is 0 Å². The number of aliphatic hydroxyl groups is 1. The molecule has 0 aliphatic rings. The van der Waals surface area contributed by atoms with Crippen LogP contribution in [0.3, 0.4) is 0 Å². The molecule has 1 unspecified atom stereocenters. The van der Waals surface area contributed by atoms with Crippen LogP contribution in [0.15, 0.2) is 170 Å². The van der Waals surface area contributed by atoms with E-state index in [-0.39, 0.29) is 25.2 Å². The molecule has 0 amide bonds. The molecule has 0 bridgehead atoms. The first kappa shape index (κ1) is 73.3. The van der Waals surface area contributed by atoms with E-state index >= 15 is 0 Å². The normalized spacial score (nSPS) is 13.4. The van der Waals surface area contributed by atoms with Gasteiger partial charge in [0.15, 0.2) is 6.10 Å². The van der Waals surface area contributed by atoms with Crippen LogP contribution in [0.5, 0.6) is 0 Å². The van der Waals surface area contributed by atoms with Crippen LogP contribution in [0.2, 0.25) is 0 Å². The highest BCUT2D eigenvalue weighted by molar-refractivity contribution is 5.70. The van der Waals surface area contributed by atoms with Crippen LogP contribution in [-0.4, -0.2) is 36.4 Å². The minimum absolute atomic E-state index is 0.0841. The van der Waals surface area contributed by atoms with Gasteiger partial charge in [0.05, 0.1) is 6.61 Å². The van der Waals surface area contributed by atoms with Crippen molar-refractivity contribution < 1.29 is 24.2 Å². The lowest BCUT2D eigenvalue weighted by atomic mass is 10.1. The summed E-state index contributed by atoms with van der Waals surface area (Å²) in [7, 11) is 0. The summed E-state index contributed by atoms with van der Waals surface area (Å²) in [5.74, 6) is -0.620. The number of ether oxygens (including phenoxy) is 2. The van der Waals surface area contributed by atoms with Gasteiger partial charge in [0.2, 0.25) is 0 Å². The summed E-state index contributed by atoms with van der Waals surface area (Å²) in [6.45, 7) is 4.00. The summed E-state index contributed by atoms with van der Waals surface area (Å²) in [4.78, 5) is 24.6. The van der Waals surface area contributed by atoms with Crippen molar-refractivity contribution in [1.82, 2.24) is 0 Å². The zero-order valence-electron chi connectivity index (χ0n) is 50.1. The smallest absolute Gasteiger partial charge is 0.306 e. The number of carbonyl (C=O) groups is 2. The standard InChI is InChI=1S/C73H116O5/c1-3-5-7-9-11-13-15-17-19-21-23-25-27-28-29-30-31-32-33-34-35-36-37-38-39-40-41-42-43-44-46-48-50-52-54-56-58-60-62-64-66-68-73(76)78-71(69-74)70-77-72(75)67-65-63-61-59-57-55-53-51-49-47-45-26-24-22-20-18-16-14-12-10-8-6-4-2/h5,7,11,13,16-19,22-25,28-29,31-32,34-35,37-38,40-41,43-45,47-48,50,71,74H,3-4,6,8-10,12,14-15,20-21,26-27,30,33,36,39,42,46,49,51-70H2,1-2H3/b7-5-,13-11-,18-16-,19-17-,24-22-,25-23-,29-28-,32-31-,35-34-,38-37-,41-40-,44-43-,47-45-,50-48-. The Balaban J connectivity index is 3.63. The second-order valence-corrected chi connectivity index (χ2v) is 20.4. The van der Waals surface area contributed by atoms with Crippen LogP contribution < -0.4 is 0 Å². The van der Waals surface area contributed by atoms with E-state index in [0.717, 1.165) is 135 Å². The fourth-order valence-electron chi connectivity index (χ4n) is 8.27. The van der Waals surface area contributed by atoms with E-state index in [2.05, 4.69) is 184 Å². The molecule has 1 atom stereocenters. The van der Waals surface area contributed by atoms with Gasteiger partial charge in [-0.3, -0.25) is 9.59 Å². The summed E-state index contributed by atoms with van der Waals surface area (Å²) in [6, 6.07) is 0. The van der Waals surface area contributed by atoms with E-state index in [9.17, 15) is 14.7 Å². The highest BCUT2D eigenvalue weighted by atomic mass is 16.6. The lowest BCUT2D eigenvalue weighted by molar-refractivity contribution is -0.161.